The van der Waals surface area contributed by atoms with E-state index >= 15 is 0 Å². The Balaban J connectivity index is 0.00000180. The van der Waals surface area contributed by atoms with E-state index in [2.05, 4.69) is 5.32 Å². The number of amides is 1. The maximum atomic E-state index is 12.1. The average Bonchev–Trinajstić information content (AvgIpc) is 3.16. The quantitative estimate of drug-likeness (QED) is 0.853. The molecule has 1 saturated carbocycles. The number of nitrogens with one attached hydrogen (secondary N) is 1. The molecule has 0 aliphatic heterocycles. The van der Waals surface area contributed by atoms with Gasteiger partial charge in [-0.1, -0.05) is 0 Å². The minimum atomic E-state index is -0.405. The molecule has 1 aliphatic carbocycles. The first-order chi connectivity index (χ1) is 8.48. The van der Waals surface area contributed by atoms with Gasteiger partial charge in [-0.3, -0.25) is 9.59 Å². The van der Waals surface area contributed by atoms with Crippen LogP contribution in [0.2, 0.25) is 0 Å². The zero-order valence-corrected chi connectivity index (χ0v) is 12.0. The molecule has 1 fully saturated rings. The van der Waals surface area contributed by atoms with Crippen LogP contribution in [0.4, 0.5) is 0 Å². The van der Waals surface area contributed by atoms with Crippen molar-refractivity contribution in [3.8, 4) is 0 Å². The highest BCUT2D eigenvalue weighted by molar-refractivity contribution is 5.94. The highest BCUT2D eigenvalue weighted by atomic mass is 35.5. The van der Waals surface area contributed by atoms with Gasteiger partial charge in [0.25, 0.3) is 11.5 Å². The normalized spacial score (nSPS) is 17.2. The number of pyridine rings is 1. The molecule has 1 aliphatic rings. The van der Waals surface area contributed by atoms with E-state index in [1.54, 1.807) is 25.4 Å². The lowest BCUT2D eigenvalue weighted by molar-refractivity contribution is 0.0895. The van der Waals surface area contributed by atoms with Crippen molar-refractivity contribution >= 4 is 18.3 Å². The summed E-state index contributed by atoms with van der Waals surface area (Å²) in [5, 5.41) is 2.91. The molecule has 0 spiro atoms. The fraction of sp³-hybridized carbons (Fsp3) is 0.538. The first-order valence-electron chi connectivity index (χ1n) is 6.16. The minimum Gasteiger partial charge on any atom is -0.345 e. The topological polar surface area (TPSA) is 77.1 Å². The van der Waals surface area contributed by atoms with Crippen LogP contribution in [-0.4, -0.2) is 22.6 Å². The average molecular weight is 286 g/mol. The summed E-state index contributed by atoms with van der Waals surface area (Å²) < 4.78 is 1.39. The molecule has 6 heteroatoms. The van der Waals surface area contributed by atoms with Crippen LogP contribution in [-0.2, 0) is 7.05 Å². The zero-order valence-electron chi connectivity index (χ0n) is 11.2. The Labute approximate surface area is 118 Å². The van der Waals surface area contributed by atoms with Crippen molar-refractivity contribution in [1.29, 1.82) is 0 Å². The van der Waals surface area contributed by atoms with Gasteiger partial charge in [-0.2, -0.15) is 0 Å². The Kier molecular flexibility index (Phi) is 4.76. The fourth-order valence-electron chi connectivity index (χ4n) is 2.14. The molecule has 0 bridgehead atoms. The second-order valence-electron chi connectivity index (χ2n) is 5.19. The summed E-state index contributed by atoms with van der Waals surface area (Å²) in [7, 11) is 1.63. The zero-order chi connectivity index (χ0) is 13.3. The van der Waals surface area contributed by atoms with E-state index in [9.17, 15) is 9.59 Å². The van der Waals surface area contributed by atoms with E-state index in [0.717, 1.165) is 12.8 Å². The molecule has 1 atom stereocenters. The number of aromatic nitrogens is 1. The van der Waals surface area contributed by atoms with Gasteiger partial charge in [-0.15, -0.1) is 12.4 Å². The van der Waals surface area contributed by atoms with E-state index in [4.69, 9.17) is 5.73 Å². The Morgan fingerprint density at radius 3 is 2.74 bits per heavy atom. The summed E-state index contributed by atoms with van der Waals surface area (Å²) in [6, 6.07) is 3.23. The largest absolute Gasteiger partial charge is 0.345 e. The third-order valence-electron chi connectivity index (χ3n) is 3.67. The van der Waals surface area contributed by atoms with Crippen LogP contribution in [0.5, 0.6) is 0 Å². The van der Waals surface area contributed by atoms with Crippen LogP contribution in [0.25, 0.3) is 0 Å². The molecule has 1 unspecified atom stereocenters. The van der Waals surface area contributed by atoms with Crippen molar-refractivity contribution in [3.05, 3.63) is 34.2 Å². The van der Waals surface area contributed by atoms with E-state index < -0.39 is 5.54 Å². The molecule has 1 heterocycles. The minimum absolute atomic E-state index is 0. The lowest BCUT2D eigenvalue weighted by Gasteiger charge is -2.29. The highest BCUT2D eigenvalue weighted by Gasteiger charge is 2.41. The smallest absolute Gasteiger partial charge is 0.263 e. The SMILES string of the molecule is Cl.Cn1cccc(C(=O)NC(C)(CN)C2CC2)c1=O. The number of nitrogens with zero attached hydrogens (tertiary/aromatic N) is 1. The van der Waals surface area contributed by atoms with Crippen molar-refractivity contribution in [2.45, 2.75) is 25.3 Å². The number of nitrogens with two attached hydrogens (primary N) is 1. The maximum absolute atomic E-state index is 12.1. The van der Waals surface area contributed by atoms with E-state index in [1.807, 2.05) is 6.92 Å². The molecule has 2 rings (SSSR count). The lowest BCUT2D eigenvalue weighted by atomic mass is 9.95. The predicted octanol–water partition coefficient (Wildman–Crippen LogP) is 0.664. The van der Waals surface area contributed by atoms with Crippen molar-refractivity contribution in [3.63, 3.8) is 0 Å². The van der Waals surface area contributed by atoms with Crippen LogP contribution < -0.4 is 16.6 Å². The number of carbonyl (C=O) groups is 1. The van der Waals surface area contributed by atoms with E-state index in [1.165, 1.54) is 4.57 Å². The first-order valence-corrected chi connectivity index (χ1v) is 6.16. The number of rotatable bonds is 4. The Hall–Kier alpha value is -1.33. The molecule has 0 aromatic carbocycles. The Morgan fingerprint density at radius 1 is 1.58 bits per heavy atom. The van der Waals surface area contributed by atoms with Crippen LogP contribution >= 0.6 is 12.4 Å². The molecule has 106 valence electrons. The van der Waals surface area contributed by atoms with E-state index in [-0.39, 0.29) is 29.4 Å². The van der Waals surface area contributed by atoms with Gasteiger partial charge in [-0.05, 0) is 37.8 Å². The van der Waals surface area contributed by atoms with Gasteiger partial charge in [0.2, 0.25) is 0 Å². The molecule has 5 nitrogen and oxygen atoms in total. The van der Waals surface area contributed by atoms with Crippen LogP contribution in [0.1, 0.15) is 30.1 Å². The molecule has 0 radical (unpaired) electrons. The standard InChI is InChI=1S/C13H19N3O2.ClH/c1-13(8-14,9-5-6-9)15-11(17)10-4-3-7-16(2)12(10)18;/h3-4,7,9H,5-6,8,14H2,1-2H3,(H,15,17);1H. The molecule has 1 amide bonds. The summed E-state index contributed by atoms with van der Waals surface area (Å²) in [6.45, 7) is 2.33. The van der Waals surface area contributed by atoms with Crippen LogP contribution in [0, 0.1) is 5.92 Å². The maximum Gasteiger partial charge on any atom is 0.263 e. The number of halogens is 1. The van der Waals surface area contributed by atoms with Crippen LogP contribution in [0.15, 0.2) is 23.1 Å². The summed E-state index contributed by atoms with van der Waals surface area (Å²) in [6.07, 6.45) is 3.80. The number of carbonyl (C=O) groups excluding carboxylic acids is 1. The monoisotopic (exact) mass is 285 g/mol. The lowest BCUT2D eigenvalue weighted by Crippen LogP contribution is -2.54. The number of aryl methyl sites for hydroxylation is 1. The van der Waals surface area contributed by atoms with Crippen molar-refractivity contribution in [2.24, 2.45) is 18.7 Å². The van der Waals surface area contributed by atoms with Gasteiger partial charge in [-0.25, -0.2) is 0 Å². The first kappa shape index (κ1) is 15.7. The Bertz CT molecular complexity index is 525. The second kappa shape index (κ2) is 5.75. The summed E-state index contributed by atoms with van der Waals surface area (Å²) in [5.74, 6) is 0.0927. The third kappa shape index (κ3) is 3.16. The predicted molar refractivity (Wildman–Crippen MR) is 76.6 cm³/mol. The van der Waals surface area contributed by atoms with Gasteiger partial charge in [0.05, 0.1) is 5.54 Å². The summed E-state index contributed by atoms with van der Waals surface area (Å²) in [5.41, 5.74) is 5.22. The van der Waals surface area contributed by atoms with Gasteiger partial charge in [0.1, 0.15) is 5.56 Å². The molecular formula is C13H20ClN3O2. The molecular weight excluding hydrogens is 266 g/mol. The molecule has 19 heavy (non-hydrogen) atoms. The van der Waals surface area contributed by atoms with Gasteiger partial charge >= 0.3 is 0 Å². The van der Waals surface area contributed by atoms with Crippen LogP contribution in [0.3, 0.4) is 0 Å². The third-order valence-corrected chi connectivity index (χ3v) is 3.67. The molecule has 1 aromatic rings. The van der Waals surface area contributed by atoms with Gasteiger partial charge < -0.3 is 15.6 Å². The van der Waals surface area contributed by atoms with Gasteiger partial charge in [0, 0.05) is 19.8 Å². The van der Waals surface area contributed by atoms with Crippen molar-refractivity contribution < 1.29 is 4.79 Å². The molecule has 0 saturated heterocycles. The van der Waals surface area contributed by atoms with Crippen molar-refractivity contribution in [1.82, 2.24) is 9.88 Å². The summed E-state index contributed by atoms with van der Waals surface area (Å²) in [4.78, 5) is 24.0. The van der Waals surface area contributed by atoms with E-state index in [0.29, 0.717) is 12.5 Å². The Morgan fingerprint density at radius 2 is 2.21 bits per heavy atom. The van der Waals surface area contributed by atoms with Crippen molar-refractivity contribution in [2.75, 3.05) is 6.54 Å². The van der Waals surface area contributed by atoms with Gasteiger partial charge in [0.15, 0.2) is 0 Å². The summed E-state index contributed by atoms with van der Waals surface area (Å²) >= 11 is 0. The highest BCUT2D eigenvalue weighted by Crippen LogP contribution is 2.39. The molecule has 1 aromatic heterocycles. The molecule has 3 N–H and O–H groups in total. The fourth-order valence-corrected chi connectivity index (χ4v) is 2.14. The number of hydrogen-bond acceptors (Lipinski definition) is 3. The number of hydrogen-bond donors (Lipinski definition) is 2. The second-order valence-corrected chi connectivity index (χ2v) is 5.19.